The van der Waals surface area contributed by atoms with Gasteiger partial charge in [0.05, 0.1) is 11.6 Å². The molecule has 116 valence electrons. The predicted molar refractivity (Wildman–Crippen MR) is 87.7 cm³/mol. The molecule has 0 aromatic heterocycles. The largest absolute Gasteiger partial charge is 0.371 e. The molecule has 1 aliphatic rings. The Morgan fingerprint density at radius 1 is 1.04 bits per heavy atom. The minimum Gasteiger partial charge on any atom is -0.371 e. The van der Waals surface area contributed by atoms with Crippen LogP contribution in [0.5, 0.6) is 0 Å². The van der Waals surface area contributed by atoms with Gasteiger partial charge in [0.2, 0.25) is 0 Å². The van der Waals surface area contributed by atoms with Crippen LogP contribution in [0.25, 0.3) is 11.6 Å². The van der Waals surface area contributed by atoms with Gasteiger partial charge in [-0.15, -0.1) is 0 Å². The van der Waals surface area contributed by atoms with Crippen LogP contribution in [-0.4, -0.2) is 13.1 Å². The SMILES string of the molecule is N#CC(=Cc1ccc(N2CCCC2)cc1F)c1ccc(F)cc1. The van der Waals surface area contributed by atoms with Gasteiger partial charge in [-0.25, -0.2) is 8.78 Å². The fourth-order valence-electron chi connectivity index (χ4n) is 2.77. The molecule has 0 radical (unpaired) electrons. The molecule has 0 aliphatic carbocycles. The first-order valence-corrected chi connectivity index (χ1v) is 7.59. The normalized spacial score (nSPS) is 14.8. The first-order chi connectivity index (χ1) is 11.2. The van der Waals surface area contributed by atoms with E-state index in [9.17, 15) is 14.0 Å². The van der Waals surface area contributed by atoms with Gasteiger partial charge >= 0.3 is 0 Å². The van der Waals surface area contributed by atoms with E-state index in [-0.39, 0.29) is 11.6 Å². The highest BCUT2D eigenvalue weighted by Gasteiger charge is 2.14. The van der Waals surface area contributed by atoms with E-state index in [1.807, 2.05) is 12.1 Å². The molecule has 23 heavy (non-hydrogen) atoms. The van der Waals surface area contributed by atoms with Gasteiger partial charge < -0.3 is 4.90 Å². The van der Waals surface area contributed by atoms with Gasteiger partial charge in [0.25, 0.3) is 0 Å². The second-order valence-electron chi connectivity index (χ2n) is 5.58. The van der Waals surface area contributed by atoms with Gasteiger partial charge in [0, 0.05) is 24.3 Å². The zero-order valence-electron chi connectivity index (χ0n) is 12.6. The van der Waals surface area contributed by atoms with E-state index in [4.69, 9.17) is 0 Å². The van der Waals surface area contributed by atoms with Crippen LogP contribution in [0.3, 0.4) is 0 Å². The summed E-state index contributed by atoms with van der Waals surface area (Å²) in [4.78, 5) is 2.15. The molecule has 3 rings (SSSR count). The quantitative estimate of drug-likeness (QED) is 0.610. The summed E-state index contributed by atoms with van der Waals surface area (Å²) in [6, 6.07) is 12.7. The van der Waals surface area contributed by atoms with Crippen molar-refractivity contribution in [1.82, 2.24) is 0 Å². The number of hydrogen-bond acceptors (Lipinski definition) is 2. The van der Waals surface area contributed by atoms with E-state index in [1.165, 1.54) is 36.4 Å². The van der Waals surface area contributed by atoms with Crippen LogP contribution in [0.15, 0.2) is 42.5 Å². The summed E-state index contributed by atoms with van der Waals surface area (Å²) in [6.07, 6.45) is 3.76. The number of nitrogens with zero attached hydrogens (tertiary/aromatic N) is 2. The molecule has 2 aromatic carbocycles. The zero-order valence-corrected chi connectivity index (χ0v) is 12.6. The predicted octanol–water partition coefficient (Wildman–Crippen LogP) is 4.63. The molecule has 1 heterocycles. The first-order valence-electron chi connectivity index (χ1n) is 7.59. The number of benzene rings is 2. The maximum atomic E-state index is 14.3. The monoisotopic (exact) mass is 310 g/mol. The first kappa shape index (κ1) is 15.2. The fraction of sp³-hybridized carbons (Fsp3) is 0.211. The zero-order chi connectivity index (χ0) is 16.2. The molecule has 0 bridgehead atoms. The van der Waals surface area contributed by atoms with Crippen LogP contribution in [0, 0.1) is 23.0 Å². The summed E-state index contributed by atoms with van der Waals surface area (Å²) in [5.74, 6) is -0.726. The minimum atomic E-state index is -0.368. The number of allylic oxidation sites excluding steroid dienone is 1. The number of hydrogen-bond donors (Lipinski definition) is 0. The molecular formula is C19H16F2N2. The van der Waals surface area contributed by atoms with Crippen molar-refractivity contribution >= 4 is 17.3 Å². The van der Waals surface area contributed by atoms with Crippen LogP contribution in [0.1, 0.15) is 24.0 Å². The standard InChI is InChI=1S/C19H16F2N2/c20-17-6-3-14(4-7-17)16(13-22)11-15-5-8-18(12-19(15)21)23-9-1-2-10-23/h3-8,11-12H,1-2,9-10H2. The molecule has 1 fully saturated rings. The van der Waals surface area contributed by atoms with Crippen molar-refractivity contribution < 1.29 is 8.78 Å². The fourth-order valence-corrected chi connectivity index (χ4v) is 2.77. The number of nitriles is 1. The molecule has 0 spiro atoms. The van der Waals surface area contributed by atoms with Crippen molar-refractivity contribution in [3.8, 4) is 6.07 Å². The molecule has 1 aliphatic heterocycles. The summed E-state index contributed by atoms with van der Waals surface area (Å²) in [7, 11) is 0. The molecule has 0 atom stereocenters. The van der Waals surface area contributed by atoms with E-state index < -0.39 is 0 Å². The van der Waals surface area contributed by atoms with Crippen LogP contribution in [0.4, 0.5) is 14.5 Å². The topological polar surface area (TPSA) is 27.0 Å². The molecule has 2 aromatic rings. The van der Waals surface area contributed by atoms with Crippen molar-refractivity contribution in [3.63, 3.8) is 0 Å². The molecule has 0 N–H and O–H groups in total. The lowest BCUT2D eigenvalue weighted by Gasteiger charge is -2.17. The van der Waals surface area contributed by atoms with Crippen LogP contribution in [-0.2, 0) is 0 Å². The Morgan fingerprint density at radius 3 is 2.35 bits per heavy atom. The maximum Gasteiger partial charge on any atom is 0.132 e. The van der Waals surface area contributed by atoms with Crippen molar-refractivity contribution in [2.45, 2.75) is 12.8 Å². The Kier molecular flexibility index (Phi) is 4.38. The van der Waals surface area contributed by atoms with Crippen molar-refractivity contribution in [2.75, 3.05) is 18.0 Å². The molecule has 0 saturated carbocycles. The highest BCUT2D eigenvalue weighted by Crippen LogP contribution is 2.25. The van der Waals surface area contributed by atoms with Crippen molar-refractivity contribution in [3.05, 3.63) is 65.2 Å². The lowest BCUT2D eigenvalue weighted by molar-refractivity contribution is 0.624. The van der Waals surface area contributed by atoms with Gasteiger partial charge in [0.15, 0.2) is 0 Å². The van der Waals surface area contributed by atoms with Gasteiger partial charge in [-0.05, 0) is 54.8 Å². The number of rotatable bonds is 3. The summed E-state index contributed by atoms with van der Waals surface area (Å²) in [5.41, 5.74) is 2.10. The summed E-state index contributed by atoms with van der Waals surface area (Å²) >= 11 is 0. The van der Waals surface area contributed by atoms with Gasteiger partial charge in [0.1, 0.15) is 11.6 Å². The second kappa shape index (κ2) is 6.62. The number of halogens is 2. The minimum absolute atomic E-state index is 0.304. The second-order valence-corrected chi connectivity index (χ2v) is 5.58. The Morgan fingerprint density at radius 2 is 1.74 bits per heavy atom. The molecule has 2 nitrogen and oxygen atoms in total. The third kappa shape index (κ3) is 3.40. The lowest BCUT2D eigenvalue weighted by Crippen LogP contribution is -2.17. The highest BCUT2D eigenvalue weighted by molar-refractivity contribution is 5.89. The third-order valence-corrected chi connectivity index (χ3v) is 4.03. The maximum absolute atomic E-state index is 14.3. The molecule has 0 unspecified atom stereocenters. The van der Waals surface area contributed by atoms with E-state index in [0.29, 0.717) is 16.7 Å². The third-order valence-electron chi connectivity index (χ3n) is 4.03. The van der Waals surface area contributed by atoms with Crippen LogP contribution in [0.2, 0.25) is 0 Å². The number of anilines is 1. The molecule has 4 heteroatoms. The Hall–Kier alpha value is -2.67. The van der Waals surface area contributed by atoms with Crippen molar-refractivity contribution in [2.24, 2.45) is 0 Å². The summed E-state index contributed by atoms with van der Waals surface area (Å²) in [6.45, 7) is 1.90. The Labute approximate surface area is 134 Å². The van der Waals surface area contributed by atoms with Crippen LogP contribution >= 0.6 is 0 Å². The van der Waals surface area contributed by atoms with Crippen LogP contribution < -0.4 is 4.90 Å². The smallest absolute Gasteiger partial charge is 0.132 e. The summed E-state index contributed by atoms with van der Waals surface area (Å²) in [5, 5.41) is 9.29. The average molecular weight is 310 g/mol. The van der Waals surface area contributed by atoms with Crippen molar-refractivity contribution in [1.29, 1.82) is 5.26 Å². The molecule has 1 saturated heterocycles. The Balaban J connectivity index is 1.91. The highest BCUT2D eigenvalue weighted by atomic mass is 19.1. The molecular weight excluding hydrogens is 294 g/mol. The lowest BCUT2D eigenvalue weighted by atomic mass is 10.0. The van der Waals surface area contributed by atoms with Gasteiger partial charge in [-0.1, -0.05) is 12.1 Å². The molecule has 0 amide bonds. The van der Waals surface area contributed by atoms with E-state index >= 15 is 0 Å². The average Bonchev–Trinajstić information content (AvgIpc) is 3.09. The van der Waals surface area contributed by atoms with Gasteiger partial charge in [-0.2, -0.15) is 5.26 Å². The Bertz CT molecular complexity index is 767. The van der Waals surface area contributed by atoms with E-state index in [2.05, 4.69) is 4.90 Å². The van der Waals surface area contributed by atoms with E-state index in [0.717, 1.165) is 31.6 Å². The summed E-state index contributed by atoms with van der Waals surface area (Å²) < 4.78 is 27.3. The van der Waals surface area contributed by atoms with E-state index in [1.54, 1.807) is 6.07 Å². The van der Waals surface area contributed by atoms with Gasteiger partial charge in [-0.3, -0.25) is 0 Å².